The van der Waals surface area contributed by atoms with Crippen LogP contribution < -0.4 is 10.2 Å². The van der Waals surface area contributed by atoms with Gasteiger partial charge in [-0.3, -0.25) is 10.0 Å². The van der Waals surface area contributed by atoms with Crippen LogP contribution in [0.2, 0.25) is 0 Å². The Labute approximate surface area is 124 Å². The molecule has 1 aromatic rings. The Morgan fingerprint density at radius 2 is 2.05 bits per heavy atom. The Bertz CT molecular complexity index is 615. The van der Waals surface area contributed by atoms with Gasteiger partial charge in [-0.2, -0.15) is 0 Å². The fourth-order valence-corrected chi connectivity index (χ4v) is 4.34. The summed E-state index contributed by atoms with van der Waals surface area (Å²) in [6.45, 7) is 1.39. The third kappa shape index (κ3) is 4.26. The fourth-order valence-electron chi connectivity index (χ4n) is 2.69. The number of sulfonamides is 1. The van der Waals surface area contributed by atoms with Crippen LogP contribution in [-0.4, -0.2) is 31.3 Å². The number of hydrogen-bond donors (Lipinski definition) is 3. The molecule has 3 N–H and O–H groups in total. The average Bonchev–Trinajstić information content (AvgIpc) is 2.45. The quantitative estimate of drug-likeness (QED) is 0.548. The molecule has 0 aliphatic heterocycles. The van der Waals surface area contributed by atoms with E-state index in [-0.39, 0.29) is 11.7 Å². The van der Waals surface area contributed by atoms with Crippen molar-refractivity contribution in [2.75, 3.05) is 5.75 Å². The average molecular weight is 312 g/mol. The summed E-state index contributed by atoms with van der Waals surface area (Å²) in [4.78, 5) is 11.2. The number of carbonyl (C=O) groups is 1. The second-order valence-electron chi connectivity index (χ2n) is 5.47. The van der Waals surface area contributed by atoms with Crippen molar-refractivity contribution < 1.29 is 18.4 Å². The number of fused-ring (bicyclic) bond motifs is 1. The van der Waals surface area contributed by atoms with Crippen LogP contribution >= 0.6 is 0 Å². The van der Waals surface area contributed by atoms with Crippen LogP contribution in [0.1, 0.15) is 24.5 Å². The van der Waals surface area contributed by atoms with Crippen LogP contribution in [-0.2, 0) is 27.7 Å². The summed E-state index contributed by atoms with van der Waals surface area (Å²) in [6, 6.07) is 7.07. The molecule has 0 bridgehead atoms. The predicted octanol–water partition coefficient (Wildman–Crippen LogP) is 0.605. The Hall–Kier alpha value is -1.44. The van der Waals surface area contributed by atoms with Gasteiger partial charge in [0, 0.05) is 0 Å². The molecule has 2 atom stereocenters. The summed E-state index contributed by atoms with van der Waals surface area (Å²) >= 11 is 0. The lowest BCUT2D eigenvalue weighted by Gasteiger charge is -2.25. The van der Waals surface area contributed by atoms with E-state index in [0.717, 1.165) is 19.3 Å². The van der Waals surface area contributed by atoms with Gasteiger partial charge in [-0.1, -0.05) is 24.3 Å². The van der Waals surface area contributed by atoms with Crippen LogP contribution in [0, 0.1) is 5.92 Å². The number of hydroxylamine groups is 1. The van der Waals surface area contributed by atoms with Gasteiger partial charge < -0.3 is 0 Å². The summed E-state index contributed by atoms with van der Waals surface area (Å²) in [7, 11) is -3.56. The molecule has 1 aliphatic carbocycles. The fraction of sp³-hybridized carbons (Fsp3) is 0.500. The molecule has 0 radical (unpaired) electrons. The topological polar surface area (TPSA) is 95.5 Å². The van der Waals surface area contributed by atoms with Gasteiger partial charge in [0.1, 0.15) is 0 Å². The minimum Gasteiger partial charge on any atom is -0.289 e. The zero-order chi connectivity index (χ0) is 15.5. The van der Waals surface area contributed by atoms with E-state index in [1.807, 2.05) is 18.2 Å². The third-order valence-electron chi connectivity index (χ3n) is 3.76. The maximum Gasteiger partial charge on any atom is 0.261 e. The second-order valence-corrected chi connectivity index (χ2v) is 7.27. The molecule has 2 rings (SSSR count). The molecular weight excluding hydrogens is 292 g/mol. The minimum atomic E-state index is -3.56. The number of nitrogens with one attached hydrogen (secondary N) is 2. The van der Waals surface area contributed by atoms with Crippen molar-refractivity contribution >= 4 is 15.9 Å². The molecule has 7 heteroatoms. The normalized spacial score (nSPS) is 19.6. The van der Waals surface area contributed by atoms with Gasteiger partial charge in [0.15, 0.2) is 0 Å². The maximum atomic E-state index is 12.1. The molecule has 21 heavy (non-hydrogen) atoms. The van der Waals surface area contributed by atoms with E-state index in [9.17, 15) is 13.2 Å². The van der Waals surface area contributed by atoms with E-state index < -0.39 is 22.0 Å². The lowest BCUT2D eigenvalue weighted by atomic mass is 9.85. The molecule has 6 nitrogen and oxygen atoms in total. The number of aryl methyl sites for hydroxylation is 1. The molecule has 0 spiro atoms. The van der Waals surface area contributed by atoms with E-state index >= 15 is 0 Å². The van der Waals surface area contributed by atoms with Crippen molar-refractivity contribution in [3.8, 4) is 0 Å². The molecule has 0 aromatic heterocycles. The van der Waals surface area contributed by atoms with Gasteiger partial charge in [-0.25, -0.2) is 18.6 Å². The van der Waals surface area contributed by atoms with Crippen molar-refractivity contribution in [3.05, 3.63) is 35.4 Å². The van der Waals surface area contributed by atoms with Crippen molar-refractivity contribution in [1.82, 2.24) is 10.2 Å². The largest absolute Gasteiger partial charge is 0.289 e. The Balaban J connectivity index is 1.97. The minimum absolute atomic E-state index is 0.00954. The molecule has 1 aromatic carbocycles. The zero-order valence-corrected chi connectivity index (χ0v) is 12.7. The highest BCUT2D eigenvalue weighted by atomic mass is 32.2. The molecule has 116 valence electrons. The molecule has 0 saturated heterocycles. The van der Waals surface area contributed by atoms with Crippen LogP contribution in [0.15, 0.2) is 24.3 Å². The smallest absolute Gasteiger partial charge is 0.261 e. The first-order chi connectivity index (χ1) is 9.91. The molecular formula is C14H20N2O4S. The standard InChI is InChI=1S/C14H20N2O4S/c1-10(14(17)15-18)16-21(19,20)9-11-6-7-12-4-2-3-5-13(12)8-11/h2-5,10-11,16,18H,6-9H2,1H3,(H,15,17)/t10-,11-/m1/s1. The summed E-state index contributed by atoms with van der Waals surface area (Å²) in [5.41, 5.74) is 3.92. The summed E-state index contributed by atoms with van der Waals surface area (Å²) < 4.78 is 26.4. The van der Waals surface area contributed by atoms with Crippen LogP contribution in [0.25, 0.3) is 0 Å². The van der Waals surface area contributed by atoms with Crippen molar-refractivity contribution in [2.24, 2.45) is 5.92 Å². The van der Waals surface area contributed by atoms with E-state index in [2.05, 4.69) is 10.8 Å². The van der Waals surface area contributed by atoms with E-state index in [1.54, 1.807) is 0 Å². The second kappa shape index (κ2) is 6.55. The molecule has 0 heterocycles. The number of carbonyl (C=O) groups excluding carboxylic acids is 1. The van der Waals surface area contributed by atoms with Gasteiger partial charge in [0.2, 0.25) is 10.0 Å². The highest BCUT2D eigenvalue weighted by Crippen LogP contribution is 2.26. The summed E-state index contributed by atoms with van der Waals surface area (Å²) in [5.74, 6) is -0.737. The summed E-state index contributed by atoms with van der Waals surface area (Å²) in [5, 5.41) is 8.50. The highest BCUT2D eigenvalue weighted by Gasteiger charge is 2.26. The lowest BCUT2D eigenvalue weighted by Crippen LogP contribution is -2.45. The Morgan fingerprint density at radius 1 is 1.38 bits per heavy atom. The maximum absolute atomic E-state index is 12.1. The SMILES string of the molecule is C[C@@H](NS(=O)(=O)C[C@@H]1CCc2ccccc2C1)C(=O)NO. The molecule has 1 aliphatic rings. The lowest BCUT2D eigenvalue weighted by molar-refractivity contribution is -0.130. The van der Waals surface area contributed by atoms with Crippen molar-refractivity contribution in [2.45, 2.75) is 32.2 Å². The molecule has 0 fully saturated rings. The number of amides is 1. The van der Waals surface area contributed by atoms with Crippen LogP contribution in [0.5, 0.6) is 0 Å². The number of benzene rings is 1. The molecule has 1 amide bonds. The van der Waals surface area contributed by atoms with Crippen molar-refractivity contribution in [1.29, 1.82) is 0 Å². The highest BCUT2D eigenvalue weighted by molar-refractivity contribution is 7.89. The van der Waals surface area contributed by atoms with Gasteiger partial charge in [-0.15, -0.1) is 0 Å². The van der Waals surface area contributed by atoms with Crippen LogP contribution in [0.3, 0.4) is 0 Å². The first-order valence-corrected chi connectivity index (χ1v) is 8.57. The number of rotatable bonds is 5. The third-order valence-corrected chi connectivity index (χ3v) is 5.39. The Morgan fingerprint density at radius 3 is 2.71 bits per heavy atom. The van der Waals surface area contributed by atoms with E-state index in [1.165, 1.54) is 23.5 Å². The van der Waals surface area contributed by atoms with E-state index in [0.29, 0.717) is 0 Å². The zero-order valence-electron chi connectivity index (χ0n) is 11.9. The van der Waals surface area contributed by atoms with Gasteiger partial charge in [-0.05, 0) is 43.2 Å². The first-order valence-electron chi connectivity index (χ1n) is 6.92. The predicted molar refractivity (Wildman–Crippen MR) is 78.3 cm³/mol. The number of hydrogen-bond acceptors (Lipinski definition) is 4. The van der Waals surface area contributed by atoms with Crippen LogP contribution in [0.4, 0.5) is 0 Å². The molecule has 0 saturated carbocycles. The van der Waals surface area contributed by atoms with Gasteiger partial charge in [0.25, 0.3) is 5.91 Å². The van der Waals surface area contributed by atoms with E-state index in [4.69, 9.17) is 5.21 Å². The monoisotopic (exact) mass is 312 g/mol. The summed E-state index contributed by atoms with van der Waals surface area (Å²) in [6.07, 6.45) is 2.43. The molecule has 0 unspecified atom stereocenters. The van der Waals surface area contributed by atoms with Gasteiger partial charge in [0.05, 0.1) is 11.8 Å². The van der Waals surface area contributed by atoms with Gasteiger partial charge >= 0.3 is 0 Å². The first kappa shape index (κ1) is 15.9. The Kier molecular flexibility index (Phi) is 4.97. The van der Waals surface area contributed by atoms with Crippen molar-refractivity contribution in [3.63, 3.8) is 0 Å².